The molecule has 0 aliphatic carbocycles. The highest BCUT2D eigenvalue weighted by atomic mass is 79.9. The summed E-state index contributed by atoms with van der Waals surface area (Å²) in [6, 6.07) is 6.76. The lowest BCUT2D eigenvalue weighted by atomic mass is 10.1. The van der Waals surface area contributed by atoms with Gasteiger partial charge in [0.25, 0.3) is 0 Å². The van der Waals surface area contributed by atoms with E-state index in [4.69, 9.17) is 17.3 Å². The number of halogens is 3. The first kappa shape index (κ1) is 16.3. The number of nitrogens with two attached hydrogens (primary N) is 1. The second-order valence-corrected chi connectivity index (χ2v) is 6.13. The highest BCUT2D eigenvalue weighted by Crippen LogP contribution is 2.27. The van der Waals surface area contributed by atoms with Crippen LogP contribution in [0.15, 0.2) is 22.7 Å². The summed E-state index contributed by atoms with van der Waals surface area (Å²) in [6.07, 6.45) is 1.21. The van der Waals surface area contributed by atoms with Crippen LogP contribution in [0.4, 0.5) is 0 Å². The van der Waals surface area contributed by atoms with E-state index >= 15 is 0 Å². The van der Waals surface area contributed by atoms with E-state index in [0.717, 1.165) is 29.1 Å². The van der Waals surface area contributed by atoms with Crippen molar-refractivity contribution in [1.29, 1.82) is 0 Å². The van der Waals surface area contributed by atoms with E-state index in [9.17, 15) is 0 Å². The third-order valence-electron chi connectivity index (χ3n) is 3.49. The van der Waals surface area contributed by atoms with Crippen LogP contribution in [-0.4, -0.2) is 24.0 Å². The van der Waals surface area contributed by atoms with Crippen LogP contribution in [0.2, 0.25) is 5.02 Å². The van der Waals surface area contributed by atoms with Crippen molar-refractivity contribution in [3.8, 4) is 0 Å². The summed E-state index contributed by atoms with van der Waals surface area (Å²) in [5.74, 6) is 0.653. The van der Waals surface area contributed by atoms with Gasteiger partial charge in [-0.2, -0.15) is 0 Å². The van der Waals surface area contributed by atoms with Crippen molar-refractivity contribution in [2.45, 2.75) is 25.9 Å². The minimum Gasteiger partial charge on any atom is -0.330 e. The Kier molecular flexibility index (Phi) is 6.42. The lowest BCUT2D eigenvalue weighted by Crippen LogP contribution is -2.27. The van der Waals surface area contributed by atoms with Crippen molar-refractivity contribution < 1.29 is 0 Å². The molecule has 2 atom stereocenters. The molecule has 0 radical (unpaired) electrons. The first-order chi connectivity index (χ1) is 8.10. The third-order valence-corrected chi connectivity index (χ3v) is 4.71. The Bertz CT molecular complexity index is 401. The fourth-order valence-electron chi connectivity index (χ4n) is 2.48. The van der Waals surface area contributed by atoms with Crippen LogP contribution in [0.25, 0.3) is 0 Å². The molecule has 0 amide bonds. The molecule has 2 rings (SSSR count). The summed E-state index contributed by atoms with van der Waals surface area (Å²) in [7, 11) is 0. The largest absolute Gasteiger partial charge is 0.330 e. The monoisotopic (exact) mass is 352 g/mol. The van der Waals surface area contributed by atoms with E-state index in [1.165, 1.54) is 12.0 Å². The third kappa shape index (κ3) is 3.84. The normalized spacial score (nSPS) is 24.0. The molecule has 0 aromatic heterocycles. The van der Waals surface area contributed by atoms with Crippen molar-refractivity contribution >= 4 is 39.9 Å². The van der Waals surface area contributed by atoms with Crippen LogP contribution in [0.5, 0.6) is 0 Å². The first-order valence-electron chi connectivity index (χ1n) is 5.98. The highest BCUT2D eigenvalue weighted by Gasteiger charge is 2.27. The average Bonchev–Trinajstić information content (AvgIpc) is 2.65. The molecule has 0 saturated carbocycles. The SMILES string of the molecule is CC1CC(CN)CN1Cc1ccc(Cl)c(Br)c1.Cl. The predicted octanol–water partition coefficient (Wildman–Crippen LogP) is 3.69. The van der Waals surface area contributed by atoms with Crippen LogP contribution in [0.3, 0.4) is 0 Å². The Hall–Kier alpha value is 0.200. The molecule has 1 aliphatic rings. The molecule has 0 spiro atoms. The van der Waals surface area contributed by atoms with Gasteiger partial charge in [0.1, 0.15) is 0 Å². The van der Waals surface area contributed by atoms with Crippen molar-refractivity contribution in [2.24, 2.45) is 11.7 Å². The van der Waals surface area contributed by atoms with E-state index in [2.05, 4.69) is 39.9 Å². The number of rotatable bonds is 3. The predicted molar refractivity (Wildman–Crippen MR) is 83.4 cm³/mol. The Labute approximate surface area is 128 Å². The van der Waals surface area contributed by atoms with Crippen LogP contribution >= 0.6 is 39.9 Å². The van der Waals surface area contributed by atoms with Gasteiger partial charge in [-0.25, -0.2) is 0 Å². The van der Waals surface area contributed by atoms with Crippen LogP contribution < -0.4 is 5.73 Å². The summed E-state index contributed by atoms with van der Waals surface area (Å²) in [5.41, 5.74) is 7.04. The van der Waals surface area contributed by atoms with Gasteiger partial charge in [0, 0.05) is 23.6 Å². The molecule has 1 saturated heterocycles. The first-order valence-corrected chi connectivity index (χ1v) is 7.15. The molecule has 102 valence electrons. The summed E-state index contributed by atoms with van der Waals surface area (Å²) in [6.45, 7) is 5.16. The van der Waals surface area contributed by atoms with Crippen molar-refractivity contribution in [3.05, 3.63) is 33.3 Å². The molecule has 5 heteroatoms. The molecule has 2 unspecified atom stereocenters. The standard InChI is InChI=1S/C13H18BrClN2.ClH/c1-9-4-11(6-16)8-17(9)7-10-2-3-13(15)12(14)5-10;/h2-3,5,9,11H,4,6-8,16H2,1H3;1H. The molecule has 1 fully saturated rings. The quantitative estimate of drug-likeness (QED) is 0.897. The van der Waals surface area contributed by atoms with Gasteiger partial charge in [-0.3, -0.25) is 4.90 Å². The topological polar surface area (TPSA) is 29.3 Å². The molecule has 2 N–H and O–H groups in total. The summed E-state index contributed by atoms with van der Waals surface area (Å²) in [4.78, 5) is 2.49. The molecule has 18 heavy (non-hydrogen) atoms. The van der Waals surface area contributed by atoms with Gasteiger partial charge in [0.15, 0.2) is 0 Å². The zero-order valence-electron chi connectivity index (χ0n) is 10.4. The van der Waals surface area contributed by atoms with E-state index in [0.29, 0.717) is 12.0 Å². The lowest BCUT2D eigenvalue weighted by Gasteiger charge is -2.21. The van der Waals surface area contributed by atoms with Crippen molar-refractivity contribution in [2.75, 3.05) is 13.1 Å². The smallest absolute Gasteiger partial charge is 0.0548 e. The van der Waals surface area contributed by atoms with Gasteiger partial charge in [-0.05, 0) is 59.4 Å². The fraction of sp³-hybridized carbons (Fsp3) is 0.538. The number of hydrogen-bond donors (Lipinski definition) is 1. The highest BCUT2D eigenvalue weighted by molar-refractivity contribution is 9.10. The summed E-state index contributed by atoms with van der Waals surface area (Å²) >= 11 is 9.46. The Morgan fingerprint density at radius 2 is 2.22 bits per heavy atom. The van der Waals surface area contributed by atoms with Crippen LogP contribution in [-0.2, 0) is 6.54 Å². The number of nitrogens with zero attached hydrogens (tertiary/aromatic N) is 1. The maximum Gasteiger partial charge on any atom is 0.0548 e. The molecular formula is C13H19BrCl2N2. The molecule has 1 aromatic carbocycles. The Balaban J connectivity index is 0.00000162. The van der Waals surface area contributed by atoms with Crippen molar-refractivity contribution in [1.82, 2.24) is 4.90 Å². The van der Waals surface area contributed by atoms with E-state index < -0.39 is 0 Å². The van der Waals surface area contributed by atoms with Gasteiger partial charge in [-0.15, -0.1) is 12.4 Å². The van der Waals surface area contributed by atoms with E-state index in [-0.39, 0.29) is 12.4 Å². The molecule has 0 bridgehead atoms. The van der Waals surface area contributed by atoms with Crippen molar-refractivity contribution in [3.63, 3.8) is 0 Å². The summed E-state index contributed by atoms with van der Waals surface area (Å²) in [5, 5.41) is 0.767. The number of benzene rings is 1. The Morgan fingerprint density at radius 1 is 1.50 bits per heavy atom. The van der Waals surface area contributed by atoms with Crippen LogP contribution in [0, 0.1) is 5.92 Å². The molecule has 1 heterocycles. The van der Waals surface area contributed by atoms with Gasteiger partial charge in [-0.1, -0.05) is 17.7 Å². The zero-order valence-corrected chi connectivity index (χ0v) is 13.6. The minimum absolute atomic E-state index is 0. The van der Waals surface area contributed by atoms with Gasteiger partial charge < -0.3 is 5.73 Å². The molecule has 2 nitrogen and oxygen atoms in total. The average molecular weight is 354 g/mol. The van der Waals surface area contributed by atoms with Gasteiger partial charge in [0.05, 0.1) is 5.02 Å². The van der Waals surface area contributed by atoms with Gasteiger partial charge in [0.2, 0.25) is 0 Å². The maximum absolute atomic E-state index is 5.99. The minimum atomic E-state index is 0. The zero-order chi connectivity index (χ0) is 12.4. The van der Waals surface area contributed by atoms with Crippen LogP contribution in [0.1, 0.15) is 18.9 Å². The Morgan fingerprint density at radius 3 is 2.78 bits per heavy atom. The van der Waals surface area contributed by atoms with E-state index in [1.807, 2.05) is 6.07 Å². The molecule has 1 aromatic rings. The lowest BCUT2D eigenvalue weighted by molar-refractivity contribution is 0.256. The van der Waals surface area contributed by atoms with Gasteiger partial charge >= 0.3 is 0 Å². The molecular weight excluding hydrogens is 335 g/mol. The maximum atomic E-state index is 5.99. The van der Waals surface area contributed by atoms with E-state index in [1.54, 1.807) is 0 Å². The fourth-order valence-corrected chi connectivity index (χ4v) is 3.02. The number of hydrogen-bond acceptors (Lipinski definition) is 2. The number of likely N-dealkylation sites (tertiary alicyclic amines) is 1. The molecule has 1 aliphatic heterocycles. The second-order valence-electron chi connectivity index (χ2n) is 4.86. The summed E-state index contributed by atoms with van der Waals surface area (Å²) < 4.78 is 0.971. The second kappa shape index (κ2) is 7.11.